The molecule has 2 heterocycles. The molecule has 1 saturated heterocycles. The van der Waals surface area contributed by atoms with E-state index in [1.807, 2.05) is 43.4 Å². The van der Waals surface area contributed by atoms with Crippen molar-refractivity contribution in [3.63, 3.8) is 0 Å². The quantitative estimate of drug-likeness (QED) is 0.897. The van der Waals surface area contributed by atoms with Gasteiger partial charge in [-0.25, -0.2) is 0 Å². The maximum absolute atomic E-state index is 9.95. The lowest BCUT2D eigenvalue weighted by molar-refractivity contribution is -0.147. The number of aromatic hydroxyl groups is 1. The molecule has 98 valence electrons. The molecule has 0 bridgehead atoms. The van der Waals surface area contributed by atoms with Gasteiger partial charge in [0.1, 0.15) is 11.9 Å². The summed E-state index contributed by atoms with van der Waals surface area (Å²) in [5.74, 6) is 0.310. The molecule has 4 heteroatoms. The molecule has 0 radical (unpaired) electrons. The first-order valence-corrected chi connectivity index (χ1v) is 6.34. The molecule has 1 aromatic heterocycles. The average molecular weight is 256 g/mol. The van der Waals surface area contributed by atoms with Crippen molar-refractivity contribution in [2.24, 2.45) is 0 Å². The maximum atomic E-state index is 9.95. The van der Waals surface area contributed by atoms with Gasteiger partial charge in [0.05, 0.1) is 11.7 Å². The second-order valence-electron chi connectivity index (χ2n) is 4.71. The van der Waals surface area contributed by atoms with Gasteiger partial charge < -0.3 is 5.11 Å². The molecule has 2 aromatic rings. The number of aromatic nitrogens is 1. The lowest BCUT2D eigenvalue weighted by atomic mass is 9.99. The molecule has 4 nitrogen and oxygen atoms in total. The van der Waals surface area contributed by atoms with E-state index in [-0.39, 0.29) is 12.1 Å². The van der Waals surface area contributed by atoms with Crippen molar-refractivity contribution >= 4 is 0 Å². The standard InChI is InChI=1S/C15H16N2O2/c1-17-13(11-6-2-3-8-14(11)18)10-15(19-17)12-7-4-5-9-16-12/h2-9,13,15,18H,10H2,1H3. The van der Waals surface area contributed by atoms with E-state index >= 15 is 0 Å². The molecule has 0 saturated carbocycles. The molecule has 1 aromatic carbocycles. The molecular weight excluding hydrogens is 240 g/mol. The molecule has 1 N–H and O–H groups in total. The molecule has 0 aliphatic carbocycles. The summed E-state index contributed by atoms with van der Waals surface area (Å²) in [4.78, 5) is 10.2. The van der Waals surface area contributed by atoms with Crippen LogP contribution in [0.3, 0.4) is 0 Å². The summed E-state index contributed by atoms with van der Waals surface area (Å²) in [6, 6.07) is 13.3. The minimum atomic E-state index is -0.0594. The van der Waals surface area contributed by atoms with E-state index in [0.717, 1.165) is 17.7 Å². The van der Waals surface area contributed by atoms with Crippen molar-refractivity contribution < 1.29 is 9.94 Å². The predicted octanol–water partition coefficient (Wildman–Crippen LogP) is 2.84. The van der Waals surface area contributed by atoms with Gasteiger partial charge in [-0.15, -0.1) is 0 Å². The minimum absolute atomic E-state index is 0.0493. The van der Waals surface area contributed by atoms with Gasteiger partial charge in [0.15, 0.2) is 0 Å². The lowest BCUT2D eigenvalue weighted by Gasteiger charge is -2.18. The Labute approximate surface area is 112 Å². The van der Waals surface area contributed by atoms with E-state index in [4.69, 9.17) is 4.84 Å². The van der Waals surface area contributed by atoms with Crippen molar-refractivity contribution in [2.45, 2.75) is 18.6 Å². The lowest BCUT2D eigenvalue weighted by Crippen LogP contribution is -2.16. The summed E-state index contributed by atoms with van der Waals surface area (Å²) in [6.45, 7) is 0. The first kappa shape index (κ1) is 12.1. The second-order valence-corrected chi connectivity index (χ2v) is 4.71. The van der Waals surface area contributed by atoms with Crippen LogP contribution in [-0.2, 0) is 4.84 Å². The largest absolute Gasteiger partial charge is 0.508 e. The highest BCUT2D eigenvalue weighted by Gasteiger charge is 2.34. The summed E-state index contributed by atoms with van der Waals surface area (Å²) in [7, 11) is 1.89. The number of para-hydroxylation sites is 1. The summed E-state index contributed by atoms with van der Waals surface area (Å²) >= 11 is 0. The van der Waals surface area contributed by atoms with Crippen LogP contribution in [0.2, 0.25) is 0 Å². The van der Waals surface area contributed by atoms with E-state index in [2.05, 4.69) is 4.98 Å². The summed E-state index contributed by atoms with van der Waals surface area (Å²) in [5, 5.41) is 11.7. The van der Waals surface area contributed by atoms with Crippen LogP contribution in [0.15, 0.2) is 48.7 Å². The van der Waals surface area contributed by atoms with Gasteiger partial charge in [-0.2, -0.15) is 5.06 Å². The van der Waals surface area contributed by atoms with Crippen molar-refractivity contribution in [1.82, 2.24) is 10.0 Å². The monoisotopic (exact) mass is 256 g/mol. The zero-order valence-electron chi connectivity index (χ0n) is 10.7. The fourth-order valence-corrected chi connectivity index (χ4v) is 2.50. The van der Waals surface area contributed by atoms with Gasteiger partial charge in [0.25, 0.3) is 0 Å². The molecule has 1 aliphatic heterocycles. The number of benzene rings is 1. The Balaban J connectivity index is 1.85. The average Bonchev–Trinajstić information content (AvgIpc) is 2.82. The van der Waals surface area contributed by atoms with Crippen LogP contribution in [0.5, 0.6) is 5.75 Å². The van der Waals surface area contributed by atoms with E-state index in [0.29, 0.717) is 5.75 Å². The number of hydrogen-bond donors (Lipinski definition) is 1. The first-order valence-electron chi connectivity index (χ1n) is 6.34. The summed E-state index contributed by atoms with van der Waals surface area (Å²) < 4.78 is 0. The molecular formula is C15H16N2O2. The third-order valence-corrected chi connectivity index (χ3v) is 3.48. The third kappa shape index (κ3) is 2.32. The van der Waals surface area contributed by atoms with Gasteiger partial charge >= 0.3 is 0 Å². The van der Waals surface area contributed by atoms with Crippen LogP contribution in [0.25, 0.3) is 0 Å². The fraction of sp³-hybridized carbons (Fsp3) is 0.267. The number of phenolic OH excluding ortho intramolecular Hbond substituents is 1. The van der Waals surface area contributed by atoms with Crippen LogP contribution in [0.4, 0.5) is 0 Å². The molecule has 2 atom stereocenters. The predicted molar refractivity (Wildman–Crippen MR) is 71.3 cm³/mol. The Kier molecular flexibility index (Phi) is 3.19. The zero-order valence-corrected chi connectivity index (χ0v) is 10.7. The van der Waals surface area contributed by atoms with Crippen LogP contribution in [0.1, 0.15) is 29.8 Å². The first-order chi connectivity index (χ1) is 9.25. The highest BCUT2D eigenvalue weighted by atomic mass is 16.7. The Morgan fingerprint density at radius 3 is 2.74 bits per heavy atom. The van der Waals surface area contributed by atoms with Crippen molar-refractivity contribution in [3.05, 3.63) is 59.9 Å². The number of hydroxylamine groups is 2. The van der Waals surface area contributed by atoms with Crippen LogP contribution in [0, 0.1) is 0 Å². The fourth-order valence-electron chi connectivity index (χ4n) is 2.50. The smallest absolute Gasteiger partial charge is 0.123 e. The highest BCUT2D eigenvalue weighted by molar-refractivity contribution is 5.35. The van der Waals surface area contributed by atoms with Crippen LogP contribution < -0.4 is 0 Å². The Bertz CT molecular complexity index is 559. The van der Waals surface area contributed by atoms with Crippen molar-refractivity contribution in [2.75, 3.05) is 7.05 Å². The number of hydrogen-bond acceptors (Lipinski definition) is 4. The molecule has 0 amide bonds. The van der Waals surface area contributed by atoms with Crippen molar-refractivity contribution in [3.8, 4) is 5.75 Å². The normalized spacial score (nSPS) is 23.6. The second kappa shape index (κ2) is 4.99. The number of rotatable bonds is 2. The molecule has 1 fully saturated rings. The van der Waals surface area contributed by atoms with E-state index in [1.54, 1.807) is 17.3 Å². The number of pyridine rings is 1. The topological polar surface area (TPSA) is 45.6 Å². The Hall–Kier alpha value is -1.91. The van der Waals surface area contributed by atoms with Crippen molar-refractivity contribution in [1.29, 1.82) is 0 Å². The number of phenols is 1. The summed E-state index contributed by atoms with van der Waals surface area (Å²) in [5.41, 5.74) is 1.82. The zero-order chi connectivity index (χ0) is 13.2. The molecule has 0 spiro atoms. The van der Waals surface area contributed by atoms with Crippen LogP contribution >= 0.6 is 0 Å². The highest BCUT2D eigenvalue weighted by Crippen LogP contribution is 2.42. The number of nitrogens with zero attached hydrogens (tertiary/aromatic N) is 2. The Morgan fingerprint density at radius 2 is 2.00 bits per heavy atom. The Morgan fingerprint density at radius 1 is 1.21 bits per heavy atom. The summed E-state index contributed by atoms with van der Waals surface area (Å²) in [6.07, 6.45) is 2.49. The molecule has 1 aliphatic rings. The van der Waals surface area contributed by atoms with E-state index in [1.165, 1.54) is 0 Å². The SMILES string of the molecule is CN1OC(c2ccccn2)CC1c1ccccc1O. The van der Waals surface area contributed by atoms with Gasteiger partial charge in [0.2, 0.25) is 0 Å². The van der Waals surface area contributed by atoms with Gasteiger partial charge in [-0.3, -0.25) is 9.82 Å². The minimum Gasteiger partial charge on any atom is -0.508 e. The van der Waals surface area contributed by atoms with Crippen LogP contribution in [-0.4, -0.2) is 22.2 Å². The molecule has 2 unspecified atom stereocenters. The molecule has 19 heavy (non-hydrogen) atoms. The van der Waals surface area contributed by atoms with Gasteiger partial charge in [0, 0.05) is 25.2 Å². The third-order valence-electron chi connectivity index (χ3n) is 3.48. The van der Waals surface area contributed by atoms with Gasteiger partial charge in [-0.05, 0) is 18.2 Å². The van der Waals surface area contributed by atoms with E-state index in [9.17, 15) is 5.11 Å². The maximum Gasteiger partial charge on any atom is 0.123 e. The molecule has 3 rings (SSSR count). The van der Waals surface area contributed by atoms with E-state index < -0.39 is 0 Å². The van der Waals surface area contributed by atoms with Gasteiger partial charge in [-0.1, -0.05) is 24.3 Å².